The Morgan fingerprint density at radius 1 is 1.47 bits per heavy atom. The van der Waals surface area contributed by atoms with E-state index in [1.54, 1.807) is 0 Å². The second-order valence-electron chi connectivity index (χ2n) is 4.25. The highest BCUT2D eigenvalue weighted by atomic mass is 16.5. The first kappa shape index (κ1) is 10.7. The summed E-state index contributed by atoms with van der Waals surface area (Å²) >= 11 is 0. The van der Waals surface area contributed by atoms with Gasteiger partial charge in [-0.1, -0.05) is 0 Å². The standard InChI is InChI=1S/C12H19NO2/c1-9-5-6-12(15-9)10(2)13-11-4-3-7-14-8-11/h5-6,10-11,13H,3-4,7-8H2,1-2H3. The third-order valence-electron chi connectivity index (χ3n) is 2.83. The molecule has 0 spiro atoms. The molecule has 0 bridgehead atoms. The summed E-state index contributed by atoms with van der Waals surface area (Å²) in [5.74, 6) is 1.98. The summed E-state index contributed by atoms with van der Waals surface area (Å²) in [5, 5.41) is 3.53. The van der Waals surface area contributed by atoms with Gasteiger partial charge in [-0.25, -0.2) is 0 Å². The van der Waals surface area contributed by atoms with Crippen LogP contribution in [0.5, 0.6) is 0 Å². The van der Waals surface area contributed by atoms with Crippen LogP contribution in [0, 0.1) is 6.92 Å². The molecule has 1 aliphatic rings. The first-order valence-corrected chi connectivity index (χ1v) is 5.66. The van der Waals surface area contributed by atoms with Crippen LogP contribution in [-0.4, -0.2) is 19.3 Å². The average Bonchev–Trinajstić information content (AvgIpc) is 2.66. The number of ether oxygens (including phenoxy) is 1. The van der Waals surface area contributed by atoms with E-state index in [2.05, 4.69) is 12.2 Å². The first-order valence-electron chi connectivity index (χ1n) is 5.66. The molecule has 84 valence electrons. The minimum atomic E-state index is 0.269. The molecule has 1 aromatic heterocycles. The van der Waals surface area contributed by atoms with Crippen molar-refractivity contribution >= 4 is 0 Å². The molecule has 2 atom stereocenters. The van der Waals surface area contributed by atoms with Crippen LogP contribution >= 0.6 is 0 Å². The predicted octanol–water partition coefficient (Wildman–Crippen LogP) is 2.42. The van der Waals surface area contributed by atoms with Gasteiger partial charge in [-0.05, 0) is 38.8 Å². The molecule has 1 N–H and O–H groups in total. The Morgan fingerprint density at radius 2 is 2.33 bits per heavy atom. The molecule has 1 aliphatic heterocycles. The van der Waals surface area contributed by atoms with Gasteiger partial charge in [-0.15, -0.1) is 0 Å². The van der Waals surface area contributed by atoms with Gasteiger partial charge in [0.1, 0.15) is 11.5 Å². The largest absolute Gasteiger partial charge is 0.465 e. The lowest BCUT2D eigenvalue weighted by Crippen LogP contribution is -2.38. The molecule has 0 saturated carbocycles. The van der Waals surface area contributed by atoms with E-state index in [0.29, 0.717) is 6.04 Å². The van der Waals surface area contributed by atoms with Crippen LogP contribution in [0.1, 0.15) is 37.3 Å². The Morgan fingerprint density at radius 3 is 2.93 bits per heavy atom. The van der Waals surface area contributed by atoms with E-state index in [0.717, 1.165) is 31.2 Å². The maximum atomic E-state index is 5.58. The average molecular weight is 209 g/mol. The number of hydrogen-bond donors (Lipinski definition) is 1. The fourth-order valence-corrected chi connectivity index (χ4v) is 1.99. The van der Waals surface area contributed by atoms with Crippen molar-refractivity contribution in [2.24, 2.45) is 0 Å². The zero-order chi connectivity index (χ0) is 10.7. The molecule has 3 nitrogen and oxygen atoms in total. The third-order valence-corrected chi connectivity index (χ3v) is 2.83. The lowest BCUT2D eigenvalue weighted by atomic mass is 10.1. The maximum absolute atomic E-state index is 5.58. The van der Waals surface area contributed by atoms with Crippen LogP contribution in [0.3, 0.4) is 0 Å². The molecule has 0 aromatic carbocycles. The van der Waals surface area contributed by atoms with E-state index in [1.807, 2.05) is 19.1 Å². The normalized spacial score (nSPS) is 24.0. The molecule has 1 fully saturated rings. The van der Waals surface area contributed by atoms with Crippen molar-refractivity contribution in [1.82, 2.24) is 5.32 Å². The quantitative estimate of drug-likeness (QED) is 0.830. The Bertz CT molecular complexity index is 302. The second-order valence-corrected chi connectivity index (χ2v) is 4.25. The van der Waals surface area contributed by atoms with Crippen molar-refractivity contribution < 1.29 is 9.15 Å². The van der Waals surface area contributed by atoms with Gasteiger partial charge in [0.2, 0.25) is 0 Å². The zero-order valence-corrected chi connectivity index (χ0v) is 9.45. The number of rotatable bonds is 3. The molecular weight excluding hydrogens is 190 g/mol. The van der Waals surface area contributed by atoms with E-state index < -0.39 is 0 Å². The second kappa shape index (κ2) is 4.81. The molecule has 2 unspecified atom stereocenters. The molecule has 0 amide bonds. The van der Waals surface area contributed by atoms with Crippen molar-refractivity contribution in [3.8, 4) is 0 Å². The van der Waals surface area contributed by atoms with Gasteiger partial charge >= 0.3 is 0 Å². The molecule has 15 heavy (non-hydrogen) atoms. The van der Waals surface area contributed by atoms with Crippen LogP contribution in [0.25, 0.3) is 0 Å². The van der Waals surface area contributed by atoms with Gasteiger partial charge in [0.25, 0.3) is 0 Å². The number of aryl methyl sites for hydroxylation is 1. The zero-order valence-electron chi connectivity index (χ0n) is 9.45. The Kier molecular flexibility index (Phi) is 3.44. The Labute approximate surface area is 90.8 Å². The van der Waals surface area contributed by atoms with Crippen molar-refractivity contribution in [3.63, 3.8) is 0 Å². The van der Waals surface area contributed by atoms with Crippen molar-refractivity contribution in [3.05, 3.63) is 23.7 Å². The van der Waals surface area contributed by atoms with Crippen molar-refractivity contribution in [1.29, 1.82) is 0 Å². The van der Waals surface area contributed by atoms with Gasteiger partial charge in [0.05, 0.1) is 12.6 Å². The number of furan rings is 1. The first-order chi connectivity index (χ1) is 7.25. The van der Waals surface area contributed by atoms with E-state index in [9.17, 15) is 0 Å². The van der Waals surface area contributed by atoms with E-state index >= 15 is 0 Å². The minimum Gasteiger partial charge on any atom is -0.465 e. The number of nitrogens with one attached hydrogen (secondary N) is 1. The van der Waals surface area contributed by atoms with Gasteiger partial charge in [-0.3, -0.25) is 0 Å². The highest BCUT2D eigenvalue weighted by Gasteiger charge is 2.18. The summed E-state index contributed by atoms with van der Waals surface area (Å²) in [6.45, 7) is 5.84. The maximum Gasteiger partial charge on any atom is 0.120 e. The predicted molar refractivity (Wildman–Crippen MR) is 58.8 cm³/mol. The summed E-state index contributed by atoms with van der Waals surface area (Å²) in [5.41, 5.74) is 0. The van der Waals surface area contributed by atoms with Crippen LogP contribution in [-0.2, 0) is 4.74 Å². The Hall–Kier alpha value is -0.800. The number of hydrogen-bond acceptors (Lipinski definition) is 3. The van der Waals surface area contributed by atoms with Gasteiger partial charge in [0, 0.05) is 12.6 Å². The molecule has 0 radical (unpaired) electrons. The summed E-state index contributed by atoms with van der Waals surface area (Å²) in [6.07, 6.45) is 2.35. The van der Waals surface area contributed by atoms with Crippen molar-refractivity contribution in [2.45, 2.75) is 38.8 Å². The summed E-state index contributed by atoms with van der Waals surface area (Å²) in [6, 6.07) is 4.78. The van der Waals surface area contributed by atoms with Crippen LogP contribution in [0.15, 0.2) is 16.5 Å². The molecular formula is C12H19NO2. The Balaban J connectivity index is 1.88. The van der Waals surface area contributed by atoms with Gasteiger partial charge in [-0.2, -0.15) is 0 Å². The van der Waals surface area contributed by atoms with E-state index in [1.165, 1.54) is 6.42 Å². The third kappa shape index (κ3) is 2.83. The molecule has 3 heteroatoms. The van der Waals surface area contributed by atoms with Crippen LogP contribution in [0.4, 0.5) is 0 Å². The highest BCUT2D eigenvalue weighted by molar-refractivity contribution is 5.09. The lowest BCUT2D eigenvalue weighted by Gasteiger charge is -2.25. The summed E-state index contributed by atoms with van der Waals surface area (Å²) in [7, 11) is 0. The molecule has 0 aliphatic carbocycles. The topological polar surface area (TPSA) is 34.4 Å². The molecule has 1 saturated heterocycles. The monoisotopic (exact) mass is 209 g/mol. The fourth-order valence-electron chi connectivity index (χ4n) is 1.99. The van der Waals surface area contributed by atoms with Crippen LogP contribution < -0.4 is 5.32 Å². The highest BCUT2D eigenvalue weighted by Crippen LogP contribution is 2.18. The SMILES string of the molecule is Cc1ccc(C(C)NC2CCCOC2)o1. The molecule has 1 aromatic rings. The van der Waals surface area contributed by atoms with Gasteiger partial charge in [0.15, 0.2) is 0 Å². The summed E-state index contributed by atoms with van der Waals surface area (Å²) < 4.78 is 11.0. The summed E-state index contributed by atoms with van der Waals surface area (Å²) in [4.78, 5) is 0. The molecule has 2 rings (SSSR count). The van der Waals surface area contributed by atoms with Crippen molar-refractivity contribution in [2.75, 3.05) is 13.2 Å². The fraction of sp³-hybridized carbons (Fsp3) is 0.667. The van der Waals surface area contributed by atoms with E-state index in [4.69, 9.17) is 9.15 Å². The van der Waals surface area contributed by atoms with E-state index in [-0.39, 0.29) is 6.04 Å². The molecule has 2 heterocycles. The van der Waals surface area contributed by atoms with Crippen LogP contribution in [0.2, 0.25) is 0 Å². The minimum absolute atomic E-state index is 0.269. The lowest BCUT2D eigenvalue weighted by molar-refractivity contribution is 0.0661. The smallest absolute Gasteiger partial charge is 0.120 e. The van der Waals surface area contributed by atoms with Gasteiger partial charge < -0.3 is 14.5 Å².